The molecule has 0 saturated carbocycles. The van der Waals surface area contributed by atoms with Gasteiger partial charge in [-0.3, -0.25) is 4.79 Å². The molecule has 8 heteroatoms. The summed E-state index contributed by atoms with van der Waals surface area (Å²) in [4.78, 5) is 12.7. The Hall–Kier alpha value is -1.41. The molecule has 1 amide bonds. The molecule has 2 aromatic carbocycles. The van der Waals surface area contributed by atoms with Crippen molar-refractivity contribution in [2.45, 2.75) is 24.2 Å². The molecular weight excluding hydrogens is 440 g/mol. The number of hydrogen-bond acceptors (Lipinski definition) is 3. The van der Waals surface area contributed by atoms with Crippen LogP contribution in [-0.2, 0) is 10.0 Å². The summed E-state index contributed by atoms with van der Waals surface area (Å²) in [5, 5.41) is 3.04. The molecule has 26 heavy (non-hydrogen) atoms. The van der Waals surface area contributed by atoms with E-state index in [2.05, 4.69) is 21.2 Å². The van der Waals surface area contributed by atoms with E-state index in [1.165, 1.54) is 10.4 Å². The van der Waals surface area contributed by atoms with E-state index in [9.17, 15) is 13.2 Å². The fourth-order valence-corrected chi connectivity index (χ4v) is 4.99. The van der Waals surface area contributed by atoms with Gasteiger partial charge in [-0.15, -0.1) is 0 Å². The SMILES string of the molecule is O=C(Nc1cccc(S(=O)(=O)N2CCCCC2)c1)c1cc(Br)ccc1Cl. The van der Waals surface area contributed by atoms with Crippen molar-refractivity contribution in [2.75, 3.05) is 18.4 Å². The smallest absolute Gasteiger partial charge is 0.257 e. The maximum absolute atomic E-state index is 12.8. The second-order valence-electron chi connectivity index (χ2n) is 6.07. The van der Waals surface area contributed by atoms with E-state index in [0.717, 1.165) is 23.7 Å². The minimum atomic E-state index is -3.55. The van der Waals surface area contributed by atoms with E-state index in [1.807, 2.05) is 0 Å². The molecule has 0 spiro atoms. The highest BCUT2D eigenvalue weighted by Crippen LogP contribution is 2.25. The molecule has 0 bridgehead atoms. The van der Waals surface area contributed by atoms with Gasteiger partial charge in [-0.2, -0.15) is 4.31 Å². The molecule has 0 aromatic heterocycles. The number of nitrogens with one attached hydrogen (secondary N) is 1. The first-order valence-corrected chi connectivity index (χ1v) is 10.9. The van der Waals surface area contributed by atoms with Gasteiger partial charge in [-0.25, -0.2) is 8.42 Å². The molecule has 1 saturated heterocycles. The fourth-order valence-electron chi connectivity index (χ4n) is 2.86. The van der Waals surface area contributed by atoms with Crippen molar-refractivity contribution >= 4 is 49.1 Å². The second-order valence-corrected chi connectivity index (χ2v) is 9.33. The van der Waals surface area contributed by atoms with Crippen molar-refractivity contribution in [2.24, 2.45) is 0 Å². The van der Waals surface area contributed by atoms with Crippen molar-refractivity contribution in [1.29, 1.82) is 0 Å². The lowest BCUT2D eigenvalue weighted by Gasteiger charge is -2.26. The van der Waals surface area contributed by atoms with Crippen molar-refractivity contribution in [3.05, 3.63) is 57.5 Å². The lowest BCUT2D eigenvalue weighted by molar-refractivity contribution is 0.102. The molecule has 0 radical (unpaired) electrons. The maximum Gasteiger partial charge on any atom is 0.257 e. The predicted molar refractivity (Wildman–Crippen MR) is 106 cm³/mol. The Morgan fingerprint density at radius 1 is 1.08 bits per heavy atom. The highest BCUT2D eigenvalue weighted by Gasteiger charge is 2.26. The number of nitrogens with zero attached hydrogens (tertiary/aromatic N) is 1. The van der Waals surface area contributed by atoms with E-state index in [4.69, 9.17) is 11.6 Å². The first-order chi connectivity index (χ1) is 12.4. The quantitative estimate of drug-likeness (QED) is 0.733. The van der Waals surface area contributed by atoms with Crippen molar-refractivity contribution < 1.29 is 13.2 Å². The normalized spacial score (nSPS) is 15.6. The number of carbonyl (C=O) groups excluding carboxylic acids is 1. The highest BCUT2D eigenvalue weighted by molar-refractivity contribution is 9.10. The Bertz CT molecular complexity index is 928. The Kier molecular flexibility index (Phi) is 6.02. The van der Waals surface area contributed by atoms with Gasteiger partial charge in [0.15, 0.2) is 0 Å². The molecule has 1 N–H and O–H groups in total. The average molecular weight is 458 g/mol. The third kappa shape index (κ3) is 4.28. The molecule has 1 aliphatic heterocycles. The van der Waals surface area contributed by atoms with Crippen molar-refractivity contribution in [1.82, 2.24) is 4.31 Å². The summed E-state index contributed by atoms with van der Waals surface area (Å²) in [6.07, 6.45) is 2.80. The minimum Gasteiger partial charge on any atom is -0.322 e. The molecular formula is C18H18BrClN2O3S. The highest BCUT2D eigenvalue weighted by atomic mass is 79.9. The Labute approximate surface area is 166 Å². The molecule has 0 atom stereocenters. The number of benzene rings is 2. The first kappa shape index (κ1) is 19.4. The van der Waals surface area contributed by atoms with Crippen LogP contribution in [0.1, 0.15) is 29.6 Å². The third-order valence-electron chi connectivity index (χ3n) is 4.22. The zero-order valence-corrected chi connectivity index (χ0v) is 17.1. The topological polar surface area (TPSA) is 66.5 Å². The van der Waals surface area contributed by atoms with E-state index in [0.29, 0.717) is 29.4 Å². The standard InChI is InChI=1S/C18H18BrClN2O3S/c19-13-7-8-17(20)16(11-13)18(23)21-14-5-4-6-15(12-14)26(24,25)22-9-2-1-3-10-22/h4-8,11-12H,1-3,9-10H2,(H,21,23). The lowest BCUT2D eigenvalue weighted by Crippen LogP contribution is -2.35. The van der Waals surface area contributed by atoms with Crippen LogP contribution < -0.4 is 5.32 Å². The largest absolute Gasteiger partial charge is 0.322 e. The van der Waals surface area contributed by atoms with Crippen LogP contribution in [0.25, 0.3) is 0 Å². The summed E-state index contributed by atoms with van der Waals surface area (Å²) in [5.74, 6) is -0.399. The molecule has 0 unspecified atom stereocenters. The zero-order valence-electron chi connectivity index (χ0n) is 13.9. The molecule has 138 valence electrons. The minimum absolute atomic E-state index is 0.178. The monoisotopic (exact) mass is 456 g/mol. The van der Waals surface area contributed by atoms with E-state index < -0.39 is 15.9 Å². The summed E-state index contributed by atoms with van der Waals surface area (Å²) < 4.78 is 27.8. The number of rotatable bonds is 4. The van der Waals surface area contributed by atoms with Gasteiger partial charge in [0.05, 0.1) is 15.5 Å². The summed E-state index contributed by atoms with van der Waals surface area (Å²) >= 11 is 9.39. The van der Waals surface area contributed by atoms with Gasteiger partial charge >= 0.3 is 0 Å². The number of amides is 1. The van der Waals surface area contributed by atoms with Gasteiger partial charge in [0.1, 0.15) is 0 Å². The second kappa shape index (κ2) is 8.08. The summed E-state index contributed by atoms with van der Waals surface area (Å²) in [6.45, 7) is 1.07. The molecule has 1 fully saturated rings. The van der Waals surface area contributed by atoms with Gasteiger partial charge in [0.2, 0.25) is 10.0 Å². The molecule has 3 rings (SSSR count). The lowest BCUT2D eigenvalue weighted by atomic mass is 10.2. The van der Waals surface area contributed by atoms with E-state index >= 15 is 0 Å². The fraction of sp³-hybridized carbons (Fsp3) is 0.278. The number of hydrogen-bond donors (Lipinski definition) is 1. The van der Waals surface area contributed by atoms with Crippen molar-refractivity contribution in [3.63, 3.8) is 0 Å². The Balaban J connectivity index is 1.83. The van der Waals surface area contributed by atoms with Crippen LogP contribution in [-0.4, -0.2) is 31.7 Å². The van der Waals surface area contributed by atoms with Crippen LogP contribution in [0.15, 0.2) is 51.8 Å². The van der Waals surface area contributed by atoms with Crippen LogP contribution in [0.5, 0.6) is 0 Å². The van der Waals surface area contributed by atoms with Crippen LogP contribution in [0.2, 0.25) is 5.02 Å². The predicted octanol–water partition coefficient (Wildman–Crippen LogP) is 4.53. The molecule has 5 nitrogen and oxygen atoms in total. The van der Waals surface area contributed by atoms with E-state index in [1.54, 1.807) is 36.4 Å². The van der Waals surface area contributed by atoms with E-state index in [-0.39, 0.29) is 4.90 Å². The van der Waals surface area contributed by atoms with Crippen LogP contribution in [0.4, 0.5) is 5.69 Å². The summed E-state index contributed by atoms with van der Waals surface area (Å²) in [5.41, 5.74) is 0.717. The molecule has 1 aliphatic rings. The van der Waals surface area contributed by atoms with Crippen LogP contribution >= 0.6 is 27.5 Å². The Morgan fingerprint density at radius 3 is 2.54 bits per heavy atom. The van der Waals surface area contributed by atoms with Gasteiger partial charge in [-0.1, -0.05) is 40.0 Å². The molecule has 2 aromatic rings. The number of anilines is 1. The van der Waals surface area contributed by atoms with Crippen molar-refractivity contribution in [3.8, 4) is 0 Å². The van der Waals surface area contributed by atoms with Crippen LogP contribution in [0.3, 0.4) is 0 Å². The van der Waals surface area contributed by atoms with Gasteiger partial charge < -0.3 is 5.32 Å². The van der Waals surface area contributed by atoms with Gasteiger partial charge in [0.25, 0.3) is 5.91 Å². The van der Waals surface area contributed by atoms with Gasteiger partial charge in [-0.05, 0) is 49.2 Å². The zero-order chi connectivity index (χ0) is 18.7. The third-order valence-corrected chi connectivity index (χ3v) is 6.94. The number of halogens is 2. The Morgan fingerprint density at radius 2 is 1.81 bits per heavy atom. The van der Waals surface area contributed by atoms with Gasteiger partial charge in [0, 0.05) is 23.2 Å². The average Bonchev–Trinajstić information content (AvgIpc) is 2.64. The molecule has 1 heterocycles. The maximum atomic E-state index is 12.8. The molecule has 0 aliphatic carbocycles. The van der Waals surface area contributed by atoms with Crippen LogP contribution in [0, 0.1) is 0 Å². The summed E-state index contributed by atoms with van der Waals surface area (Å²) in [7, 11) is -3.55. The number of carbonyl (C=O) groups is 1. The number of piperidine rings is 1. The number of sulfonamides is 1. The summed E-state index contributed by atoms with van der Waals surface area (Å²) in [6, 6.07) is 11.3. The first-order valence-electron chi connectivity index (χ1n) is 8.24.